The van der Waals surface area contributed by atoms with Crippen LogP contribution in [0.4, 0.5) is 5.69 Å². The first-order chi connectivity index (χ1) is 9.22. The van der Waals surface area contributed by atoms with Crippen molar-refractivity contribution in [1.29, 1.82) is 0 Å². The van der Waals surface area contributed by atoms with E-state index in [4.69, 9.17) is 9.47 Å². The number of anilines is 1. The zero-order valence-electron chi connectivity index (χ0n) is 12.2. The molecule has 0 radical (unpaired) electrons. The minimum atomic E-state index is 0.0911. The van der Waals surface area contributed by atoms with E-state index in [9.17, 15) is 5.11 Å². The first-order valence-corrected chi connectivity index (χ1v) is 6.66. The lowest BCUT2D eigenvalue weighted by atomic mass is 10.1. The van der Waals surface area contributed by atoms with Crippen molar-refractivity contribution < 1.29 is 14.6 Å². The van der Waals surface area contributed by atoms with Gasteiger partial charge in [0.2, 0.25) is 0 Å². The van der Waals surface area contributed by atoms with E-state index in [1.54, 1.807) is 14.2 Å². The molecule has 0 bridgehead atoms. The normalized spacial score (nSPS) is 10.7. The summed E-state index contributed by atoms with van der Waals surface area (Å²) in [5.74, 6) is 0. The summed E-state index contributed by atoms with van der Waals surface area (Å²) in [6.07, 6.45) is 0.987. The number of aliphatic hydroxyl groups excluding tert-OH is 1. The highest BCUT2D eigenvalue weighted by molar-refractivity contribution is 5.50. The van der Waals surface area contributed by atoms with Crippen LogP contribution in [0.15, 0.2) is 18.2 Å². The number of nitrogens with zero attached hydrogens (tertiary/aromatic N) is 1. The molecule has 0 saturated carbocycles. The predicted octanol–water partition coefficient (Wildman–Crippen LogP) is 1.98. The van der Waals surface area contributed by atoms with Crippen molar-refractivity contribution in [2.75, 3.05) is 45.4 Å². The monoisotopic (exact) mass is 267 g/mol. The molecule has 1 rings (SSSR count). The van der Waals surface area contributed by atoms with Crippen molar-refractivity contribution in [2.24, 2.45) is 0 Å². The van der Waals surface area contributed by atoms with Gasteiger partial charge in [-0.15, -0.1) is 0 Å². The molecule has 0 saturated heterocycles. The second-order valence-corrected chi connectivity index (χ2v) is 4.60. The van der Waals surface area contributed by atoms with Crippen LogP contribution < -0.4 is 4.90 Å². The zero-order chi connectivity index (χ0) is 14.1. The average molecular weight is 267 g/mol. The number of benzene rings is 1. The van der Waals surface area contributed by atoms with Gasteiger partial charge < -0.3 is 19.5 Å². The first kappa shape index (κ1) is 16.0. The summed E-state index contributed by atoms with van der Waals surface area (Å²) in [6, 6.07) is 6.16. The van der Waals surface area contributed by atoms with Gasteiger partial charge >= 0.3 is 0 Å². The molecular weight excluding hydrogens is 242 g/mol. The molecule has 0 aliphatic carbocycles. The Morgan fingerprint density at radius 3 is 2.42 bits per heavy atom. The molecule has 1 N–H and O–H groups in total. The topological polar surface area (TPSA) is 41.9 Å². The molecule has 0 aliphatic heterocycles. The van der Waals surface area contributed by atoms with Crippen molar-refractivity contribution in [3.63, 3.8) is 0 Å². The molecule has 0 spiro atoms. The molecule has 1 aromatic carbocycles. The summed E-state index contributed by atoms with van der Waals surface area (Å²) in [5, 5.41) is 9.21. The lowest BCUT2D eigenvalue weighted by molar-refractivity contribution is 0.191. The highest BCUT2D eigenvalue weighted by Crippen LogP contribution is 2.19. The van der Waals surface area contributed by atoms with Crippen molar-refractivity contribution in [2.45, 2.75) is 20.0 Å². The summed E-state index contributed by atoms with van der Waals surface area (Å²) in [7, 11) is 3.44. The van der Waals surface area contributed by atoms with E-state index >= 15 is 0 Å². The standard InChI is InChI=1S/C15H25NO3/c1-13-11-15(6-5-14(13)12-17)16(8-10-19-3)7-4-9-18-2/h5-6,11,17H,4,7-10,12H2,1-3H3. The van der Waals surface area contributed by atoms with Crippen LogP contribution in [0.5, 0.6) is 0 Å². The molecule has 1 aromatic rings. The molecule has 0 atom stereocenters. The molecule has 4 nitrogen and oxygen atoms in total. The Bertz CT molecular complexity index is 368. The van der Waals surface area contributed by atoms with Crippen LogP contribution in [-0.4, -0.2) is 45.6 Å². The van der Waals surface area contributed by atoms with Crippen molar-refractivity contribution in [1.82, 2.24) is 0 Å². The Kier molecular flexibility index (Phi) is 7.48. The molecule has 19 heavy (non-hydrogen) atoms. The molecule has 0 heterocycles. The number of ether oxygens (including phenoxy) is 2. The van der Waals surface area contributed by atoms with Gasteiger partial charge in [-0.1, -0.05) is 6.07 Å². The molecule has 0 amide bonds. The van der Waals surface area contributed by atoms with Gasteiger partial charge in [0.25, 0.3) is 0 Å². The minimum Gasteiger partial charge on any atom is -0.392 e. The SMILES string of the molecule is COCCCN(CCOC)c1ccc(CO)c(C)c1. The third kappa shape index (κ3) is 5.19. The van der Waals surface area contributed by atoms with Gasteiger partial charge in [0.1, 0.15) is 0 Å². The van der Waals surface area contributed by atoms with Crippen LogP contribution in [0, 0.1) is 6.92 Å². The number of aliphatic hydroxyl groups is 1. The van der Waals surface area contributed by atoms with Crippen molar-refractivity contribution >= 4 is 5.69 Å². The van der Waals surface area contributed by atoms with Crippen LogP contribution in [0.25, 0.3) is 0 Å². The fraction of sp³-hybridized carbons (Fsp3) is 0.600. The third-order valence-electron chi connectivity index (χ3n) is 3.20. The summed E-state index contributed by atoms with van der Waals surface area (Å²) >= 11 is 0. The number of rotatable bonds is 9. The second kappa shape index (κ2) is 8.91. The van der Waals surface area contributed by atoms with Crippen LogP contribution in [0.1, 0.15) is 17.5 Å². The molecular formula is C15H25NO3. The molecule has 108 valence electrons. The molecule has 0 aromatic heterocycles. The van der Waals surface area contributed by atoms with E-state index in [0.717, 1.165) is 37.2 Å². The fourth-order valence-electron chi connectivity index (χ4n) is 2.03. The zero-order valence-corrected chi connectivity index (χ0v) is 12.2. The molecule has 0 fully saturated rings. The maximum atomic E-state index is 9.21. The van der Waals surface area contributed by atoms with E-state index in [1.807, 2.05) is 13.0 Å². The Morgan fingerprint density at radius 1 is 1.11 bits per heavy atom. The first-order valence-electron chi connectivity index (χ1n) is 6.66. The van der Waals surface area contributed by atoms with Gasteiger partial charge in [-0.25, -0.2) is 0 Å². The number of hydrogen-bond acceptors (Lipinski definition) is 4. The van der Waals surface area contributed by atoms with E-state index in [0.29, 0.717) is 6.61 Å². The van der Waals surface area contributed by atoms with E-state index in [1.165, 1.54) is 5.69 Å². The van der Waals surface area contributed by atoms with Crippen molar-refractivity contribution in [3.8, 4) is 0 Å². The van der Waals surface area contributed by atoms with Crippen LogP contribution in [0.3, 0.4) is 0 Å². The highest BCUT2D eigenvalue weighted by atomic mass is 16.5. The lowest BCUT2D eigenvalue weighted by Gasteiger charge is -2.25. The Labute approximate surface area is 115 Å². The highest BCUT2D eigenvalue weighted by Gasteiger charge is 2.08. The lowest BCUT2D eigenvalue weighted by Crippen LogP contribution is -2.29. The fourth-order valence-corrected chi connectivity index (χ4v) is 2.03. The number of methoxy groups -OCH3 is 2. The van der Waals surface area contributed by atoms with Crippen LogP contribution in [-0.2, 0) is 16.1 Å². The number of hydrogen-bond donors (Lipinski definition) is 1. The maximum Gasteiger partial charge on any atom is 0.0684 e. The summed E-state index contributed by atoms with van der Waals surface area (Å²) in [5.41, 5.74) is 3.27. The third-order valence-corrected chi connectivity index (χ3v) is 3.20. The predicted molar refractivity (Wildman–Crippen MR) is 77.7 cm³/mol. The molecule has 0 unspecified atom stereocenters. The largest absolute Gasteiger partial charge is 0.392 e. The Balaban J connectivity index is 2.74. The van der Waals surface area contributed by atoms with Gasteiger partial charge in [-0.2, -0.15) is 0 Å². The van der Waals surface area contributed by atoms with E-state index in [-0.39, 0.29) is 6.61 Å². The quantitative estimate of drug-likeness (QED) is 0.695. The maximum absolute atomic E-state index is 9.21. The summed E-state index contributed by atoms with van der Waals surface area (Å²) in [6.45, 7) is 5.38. The summed E-state index contributed by atoms with van der Waals surface area (Å²) in [4.78, 5) is 2.29. The smallest absolute Gasteiger partial charge is 0.0684 e. The molecule has 4 heteroatoms. The van der Waals surface area contributed by atoms with Crippen molar-refractivity contribution in [3.05, 3.63) is 29.3 Å². The Hall–Kier alpha value is -1.10. The van der Waals surface area contributed by atoms with E-state index < -0.39 is 0 Å². The minimum absolute atomic E-state index is 0.0911. The van der Waals surface area contributed by atoms with Crippen LogP contribution >= 0.6 is 0 Å². The van der Waals surface area contributed by atoms with E-state index in [2.05, 4.69) is 17.0 Å². The van der Waals surface area contributed by atoms with Crippen LogP contribution in [0.2, 0.25) is 0 Å². The Morgan fingerprint density at radius 2 is 1.84 bits per heavy atom. The average Bonchev–Trinajstić information content (AvgIpc) is 2.42. The van der Waals surface area contributed by atoms with Gasteiger partial charge in [-0.05, 0) is 36.6 Å². The van der Waals surface area contributed by atoms with Gasteiger partial charge in [0.05, 0.1) is 13.2 Å². The van der Waals surface area contributed by atoms with Gasteiger partial charge in [0, 0.05) is 39.6 Å². The molecule has 0 aliphatic rings. The summed E-state index contributed by atoms with van der Waals surface area (Å²) < 4.78 is 10.3. The number of aryl methyl sites for hydroxylation is 1. The van der Waals surface area contributed by atoms with Gasteiger partial charge in [0.15, 0.2) is 0 Å². The second-order valence-electron chi connectivity index (χ2n) is 4.60. The van der Waals surface area contributed by atoms with Gasteiger partial charge in [-0.3, -0.25) is 0 Å².